The summed E-state index contributed by atoms with van der Waals surface area (Å²) >= 11 is 0. The van der Waals surface area contributed by atoms with Crippen molar-refractivity contribution in [2.45, 2.75) is 33.1 Å². The predicted octanol–water partition coefficient (Wildman–Crippen LogP) is 1.84. The molecule has 0 aliphatic heterocycles. The van der Waals surface area contributed by atoms with Crippen molar-refractivity contribution < 1.29 is 14.3 Å². The SMILES string of the molecule is CC(=O)Oc1cc(C(C)(C)C(C)=O)cccc1=O. The lowest BCUT2D eigenvalue weighted by Crippen LogP contribution is -2.26. The zero-order valence-electron chi connectivity index (χ0n) is 10.9. The van der Waals surface area contributed by atoms with Gasteiger partial charge in [0.1, 0.15) is 5.78 Å². The van der Waals surface area contributed by atoms with Crippen LogP contribution < -0.4 is 10.2 Å². The van der Waals surface area contributed by atoms with Crippen LogP contribution in [0.5, 0.6) is 5.75 Å². The molecule has 0 unspecified atom stereocenters. The average molecular weight is 248 g/mol. The van der Waals surface area contributed by atoms with Crippen molar-refractivity contribution in [1.82, 2.24) is 0 Å². The highest BCUT2D eigenvalue weighted by atomic mass is 16.5. The fourth-order valence-corrected chi connectivity index (χ4v) is 1.41. The smallest absolute Gasteiger partial charge is 0.308 e. The Morgan fingerprint density at radius 1 is 1.17 bits per heavy atom. The maximum atomic E-state index is 11.6. The van der Waals surface area contributed by atoms with Crippen LogP contribution in [0.15, 0.2) is 29.1 Å². The molecule has 0 aliphatic carbocycles. The molecule has 1 aromatic rings. The summed E-state index contributed by atoms with van der Waals surface area (Å²) in [6.45, 7) is 6.22. The third kappa shape index (κ3) is 3.03. The summed E-state index contributed by atoms with van der Waals surface area (Å²) in [4.78, 5) is 34.2. The summed E-state index contributed by atoms with van der Waals surface area (Å²) in [7, 11) is 0. The van der Waals surface area contributed by atoms with Crippen molar-refractivity contribution in [3.63, 3.8) is 0 Å². The molecule has 0 saturated heterocycles. The van der Waals surface area contributed by atoms with Crippen LogP contribution >= 0.6 is 0 Å². The van der Waals surface area contributed by atoms with E-state index >= 15 is 0 Å². The van der Waals surface area contributed by atoms with Gasteiger partial charge in [0.05, 0.1) is 0 Å². The molecule has 0 fully saturated rings. The van der Waals surface area contributed by atoms with Gasteiger partial charge in [0.15, 0.2) is 5.75 Å². The number of ether oxygens (including phenoxy) is 1. The van der Waals surface area contributed by atoms with Crippen LogP contribution in [0.2, 0.25) is 0 Å². The summed E-state index contributed by atoms with van der Waals surface area (Å²) in [5.41, 5.74) is -0.496. The van der Waals surface area contributed by atoms with Crippen LogP contribution in [-0.4, -0.2) is 11.8 Å². The van der Waals surface area contributed by atoms with Gasteiger partial charge >= 0.3 is 5.97 Å². The van der Waals surface area contributed by atoms with E-state index in [2.05, 4.69) is 0 Å². The van der Waals surface area contributed by atoms with Crippen LogP contribution in [0.25, 0.3) is 0 Å². The Labute approximate surface area is 106 Å². The van der Waals surface area contributed by atoms with Gasteiger partial charge in [-0.25, -0.2) is 0 Å². The second kappa shape index (κ2) is 5.12. The summed E-state index contributed by atoms with van der Waals surface area (Å²) < 4.78 is 4.86. The van der Waals surface area contributed by atoms with Crippen LogP contribution in [0.3, 0.4) is 0 Å². The minimum Gasteiger partial charge on any atom is -0.423 e. The average Bonchev–Trinajstić information content (AvgIpc) is 2.41. The van der Waals surface area contributed by atoms with Gasteiger partial charge in [0.2, 0.25) is 5.43 Å². The van der Waals surface area contributed by atoms with E-state index in [1.54, 1.807) is 26.0 Å². The highest BCUT2D eigenvalue weighted by molar-refractivity contribution is 5.87. The molecular weight excluding hydrogens is 232 g/mol. The summed E-state index contributed by atoms with van der Waals surface area (Å²) in [6, 6.07) is 5.98. The second-order valence-corrected chi connectivity index (χ2v) is 4.63. The summed E-state index contributed by atoms with van der Waals surface area (Å²) in [5.74, 6) is -0.656. The lowest BCUT2D eigenvalue weighted by atomic mass is 9.82. The quantitative estimate of drug-likeness (QED) is 0.766. The Morgan fingerprint density at radius 2 is 1.78 bits per heavy atom. The lowest BCUT2D eigenvalue weighted by molar-refractivity contribution is -0.131. The van der Waals surface area contributed by atoms with Gasteiger partial charge in [-0.3, -0.25) is 14.4 Å². The van der Waals surface area contributed by atoms with E-state index in [1.807, 2.05) is 0 Å². The maximum absolute atomic E-state index is 11.6. The zero-order valence-corrected chi connectivity index (χ0v) is 10.9. The Hall–Kier alpha value is -1.97. The Morgan fingerprint density at radius 3 is 2.28 bits per heavy atom. The molecule has 4 nitrogen and oxygen atoms in total. The van der Waals surface area contributed by atoms with Crippen LogP contribution in [0, 0.1) is 0 Å². The molecule has 0 radical (unpaired) electrons. The molecule has 0 spiro atoms. The van der Waals surface area contributed by atoms with Crippen LogP contribution in [-0.2, 0) is 15.0 Å². The van der Waals surface area contributed by atoms with Gasteiger partial charge in [-0.05, 0) is 38.5 Å². The van der Waals surface area contributed by atoms with E-state index in [-0.39, 0.29) is 11.5 Å². The first kappa shape index (κ1) is 14.1. The van der Waals surface area contributed by atoms with Gasteiger partial charge in [0.25, 0.3) is 0 Å². The molecule has 0 heterocycles. The van der Waals surface area contributed by atoms with Crippen molar-refractivity contribution in [2.24, 2.45) is 0 Å². The lowest BCUT2D eigenvalue weighted by Gasteiger charge is -2.20. The van der Waals surface area contributed by atoms with E-state index in [0.717, 1.165) is 0 Å². The molecule has 96 valence electrons. The Kier molecular flexibility index (Phi) is 4.01. The molecule has 0 atom stereocenters. The molecule has 0 aliphatic rings. The number of hydrogen-bond donors (Lipinski definition) is 0. The van der Waals surface area contributed by atoms with E-state index in [0.29, 0.717) is 5.56 Å². The van der Waals surface area contributed by atoms with Crippen molar-refractivity contribution >= 4 is 11.8 Å². The Balaban J connectivity index is 3.42. The fraction of sp³-hybridized carbons (Fsp3) is 0.357. The first-order valence-corrected chi connectivity index (χ1v) is 5.59. The number of carbonyl (C=O) groups excluding carboxylic acids is 2. The van der Waals surface area contributed by atoms with Crippen molar-refractivity contribution in [2.75, 3.05) is 0 Å². The van der Waals surface area contributed by atoms with E-state index in [4.69, 9.17) is 4.74 Å². The third-order valence-electron chi connectivity index (χ3n) is 2.91. The number of ketones is 1. The molecular formula is C14H16O4. The van der Waals surface area contributed by atoms with E-state index in [1.165, 1.54) is 26.0 Å². The molecule has 4 heteroatoms. The van der Waals surface area contributed by atoms with E-state index < -0.39 is 16.8 Å². The first-order valence-electron chi connectivity index (χ1n) is 5.59. The summed E-state index contributed by atoms with van der Waals surface area (Å²) in [5, 5.41) is 0. The molecule has 0 saturated carbocycles. The number of carbonyl (C=O) groups is 2. The van der Waals surface area contributed by atoms with Crippen molar-refractivity contribution in [3.8, 4) is 5.75 Å². The fourth-order valence-electron chi connectivity index (χ4n) is 1.41. The maximum Gasteiger partial charge on any atom is 0.308 e. The molecule has 0 amide bonds. The van der Waals surface area contributed by atoms with Gasteiger partial charge in [-0.2, -0.15) is 0 Å². The van der Waals surface area contributed by atoms with Crippen LogP contribution in [0.4, 0.5) is 0 Å². The minimum absolute atomic E-state index is 0.0325. The molecule has 1 aromatic carbocycles. The number of hydrogen-bond acceptors (Lipinski definition) is 4. The zero-order chi connectivity index (χ0) is 13.9. The minimum atomic E-state index is -0.736. The van der Waals surface area contributed by atoms with Crippen molar-refractivity contribution in [1.29, 1.82) is 0 Å². The third-order valence-corrected chi connectivity index (χ3v) is 2.91. The van der Waals surface area contributed by atoms with Crippen molar-refractivity contribution in [3.05, 3.63) is 40.1 Å². The molecule has 0 N–H and O–H groups in total. The highest BCUT2D eigenvalue weighted by Crippen LogP contribution is 2.25. The van der Waals surface area contributed by atoms with Crippen LogP contribution in [0.1, 0.15) is 33.3 Å². The van der Waals surface area contributed by atoms with E-state index in [9.17, 15) is 14.4 Å². The predicted molar refractivity (Wildman–Crippen MR) is 67.7 cm³/mol. The topological polar surface area (TPSA) is 60.4 Å². The number of esters is 1. The standard InChI is InChI=1S/C14H16O4/c1-9(15)14(3,4)11-6-5-7-12(17)13(8-11)18-10(2)16/h5-8H,1-4H3. The first-order chi connectivity index (χ1) is 8.25. The molecule has 0 bridgehead atoms. The monoisotopic (exact) mass is 248 g/mol. The number of Topliss-reactive ketones (excluding diaryl/α,β-unsaturated/α-hetero) is 1. The summed E-state index contributed by atoms with van der Waals surface area (Å²) in [6.07, 6.45) is 0. The number of rotatable bonds is 3. The molecule has 1 rings (SSSR count). The Bertz CT molecular complexity index is 544. The normalized spacial score (nSPS) is 10.9. The largest absolute Gasteiger partial charge is 0.423 e. The van der Waals surface area contributed by atoms with Gasteiger partial charge < -0.3 is 4.74 Å². The molecule has 0 aromatic heterocycles. The van der Waals surface area contributed by atoms with Gasteiger partial charge in [-0.15, -0.1) is 0 Å². The molecule has 18 heavy (non-hydrogen) atoms. The second-order valence-electron chi connectivity index (χ2n) is 4.63. The van der Waals surface area contributed by atoms with Gasteiger partial charge in [-0.1, -0.05) is 12.1 Å². The van der Waals surface area contributed by atoms with Gasteiger partial charge in [0, 0.05) is 12.3 Å². The highest BCUT2D eigenvalue weighted by Gasteiger charge is 2.26.